The molecule has 158 valence electrons. The second-order valence-electron chi connectivity index (χ2n) is 10.1. The molecule has 0 atom stereocenters. The van der Waals surface area contributed by atoms with E-state index in [0.717, 1.165) is 45.2 Å². The third-order valence-corrected chi connectivity index (χ3v) is 8.15. The van der Waals surface area contributed by atoms with Gasteiger partial charge in [0, 0.05) is 5.56 Å². The van der Waals surface area contributed by atoms with Crippen LogP contribution in [0.5, 0.6) is 11.5 Å². The van der Waals surface area contributed by atoms with Crippen LogP contribution < -0.4 is 0 Å². The zero-order valence-electron chi connectivity index (χ0n) is 17.3. The maximum atomic E-state index is 11.3. The summed E-state index contributed by atoms with van der Waals surface area (Å²) in [4.78, 5) is 11.3. The maximum Gasteiger partial charge on any atom is 0.339 e. The van der Waals surface area contributed by atoms with Crippen LogP contribution >= 0.6 is 0 Å². The Morgan fingerprint density at radius 3 is 2.13 bits per heavy atom. The molecule has 4 fully saturated rings. The lowest BCUT2D eigenvalue weighted by Gasteiger charge is -2.57. The highest BCUT2D eigenvalue weighted by molar-refractivity contribution is 5.99. The Hall–Kier alpha value is -3.01. The monoisotopic (exact) mass is 414 g/mol. The van der Waals surface area contributed by atoms with Gasteiger partial charge in [-0.05, 0) is 108 Å². The van der Waals surface area contributed by atoms with E-state index in [1.54, 1.807) is 6.07 Å². The second-order valence-corrected chi connectivity index (χ2v) is 10.1. The van der Waals surface area contributed by atoms with Crippen molar-refractivity contribution in [3.05, 3.63) is 59.7 Å². The molecule has 0 amide bonds. The van der Waals surface area contributed by atoms with E-state index in [0.29, 0.717) is 5.75 Å². The molecule has 3 aromatic carbocycles. The normalized spacial score (nSPS) is 28.8. The third-order valence-electron chi connectivity index (χ3n) is 8.15. The number of carbonyl (C=O) groups is 1. The van der Waals surface area contributed by atoms with E-state index >= 15 is 0 Å². The number of phenols is 2. The number of phenolic OH excluding ortho intramolecular Hbond substituents is 1. The first-order valence-electron chi connectivity index (χ1n) is 11.2. The minimum atomic E-state index is -1.14. The Kier molecular flexibility index (Phi) is 3.92. The number of aromatic hydroxyl groups is 2. The molecule has 7 rings (SSSR count). The number of fused-ring (bicyclic) bond motifs is 1. The molecule has 4 saturated carbocycles. The lowest BCUT2D eigenvalue weighted by atomic mass is 9.48. The van der Waals surface area contributed by atoms with Gasteiger partial charge in [0.1, 0.15) is 17.1 Å². The largest absolute Gasteiger partial charge is 0.508 e. The summed E-state index contributed by atoms with van der Waals surface area (Å²) in [5.74, 6) is 1.39. The van der Waals surface area contributed by atoms with E-state index in [2.05, 4.69) is 6.07 Å². The highest BCUT2D eigenvalue weighted by Gasteiger charge is 2.52. The quantitative estimate of drug-likeness (QED) is 0.485. The molecule has 3 aromatic rings. The predicted molar refractivity (Wildman–Crippen MR) is 120 cm³/mol. The van der Waals surface area contributed by atoms with Gasteiger partial charge in [0.2, 0.25) is 0 Å². The van der Waals surface area contributed by atoms with E-state index in [1.165, 1.54) is 50.7 Å². The summed E-state index contributed by atoms with van der Waals surface area (Å²) < 4.78 is 0. The molecule has 0 saturated heterocycles. The molecule has 4 bridgehead atoms. The van der Waals surface area contributed by atoms with Crippen LogP contribution in [0.3, 0.4) is 0 Å². The van der Waals surface area contributed by atoms with E-state index in [9.17, 15) is 20.1 Å². The fourth-order valence-corrected chi connectivity index (χ4v) is 7.31. The van der Waals surface area contributed by atoms with Gasteiger partial charge < -0.3 is 15.3 Å². The molecule has 3 N–H and O–H groups in total. The van der Waals surface area contributed by atoms with Crippen LogP contribution in [-0.2, 0) is 5.41 Å². The van der Waals surface area contributed by atoms with Crippen molar-refractivity contribution in [2.24, 2.45) is 17.8 Å². The smallest absolute Gasteiger partial charge is 0.339 e. The van der Waals surface area contributed by atoms with Crippen LogP contribution in [0.15, 0.2) is 48.5 Å². The molecule has 0 heterocycles. The van der Waals surface area contributed by atoms with Gasteiger partial charge >= 0.3 is 5.97 Å². The summed E-state index contributed by atoms with van der Waals surface area (Å²) in [6.07, 6.45) is 7.59. The van der Waals surface area contributed by atoms with Crippen LogP contribution in [0.2, 0.25) is 0 Å². The second kappa shape index (κ2) is 6.49. The van der Waals surface area contributed by atoms with Crippen molar-refractivity contribution in [3.8, 4) is 22.6 Å². The van der Waals surface area contributed by atoms with Gasteiger partial charge in [-0.15, -0.1) is 0 Å². The molecule has 4 aliphatic rings. The van der Waals surface area contributed by atoms with Crippen molar-refractivity contribution in [3.63, 3.8) is 0 Å². The number of carboxylic acids is 1. The van der Waals surface area contributed by atoms with Gasteiger partial charge in [-0.25, -0.2) is 4.79 Å². The Balaban J connectivity index is 1.51. The van der Waals surface area contributed by atoms with Crippen LogP contribution in [0.1, 0.15) is 54.4 Å². The maximum absolute atomic E-state index is 11.3. The third kappa shape index (κ3) is 2.84. The van der Waals surface area contributed by atoms with E-state index < -0.39 is 5.97 Å². The topological polar surface area (TPSA) is 77.8 Å². The van der Waals surface area contributed by atoms with Crippen molar-refractivity contribution in [1.29, 1.82) is 0 Å². The van der Waals surface area contributed by atoms with E-state index in [4.69, 9.17) is 0 Å². The van der Waals surface area contributed by atoms with E-state index in [-0.39, 0.29) is 16.7 Å². The predicted octanol–water partition coefficient (Wildman–Crippen LogP) is 6.08. The number of hydrogen-bond donors (Lipinski definition) is 3. The van der Waals surface area contributed by atoms with Gasteiger partial charge in [0.05, 0.1) is 0 Å². The van der Waals surface area contributed by atoms with Crippen molar-refractivity contribution in [1.82, 2.24) is 0 Å². The lowest BCUT2D eigenvalue weighted by Crippen LogP contribution is -2.48. The number of rotatable bonds is 3. The fourth-order valence-electron chi connectivity index (χ4n) is 7.31. The number of aromatic carboxylic acids is 1. The summed E-state index contributed by atoms with van der Waals surface area (Å²) in [5, 5.41) is 32.5. The van der Waals surface area contributed by atoms with E-state index in [1.807, 2.05) is 24.3 Å². The number of carboxylic acid groups (broad SMARTS) is 1. The van der Waals surface area contributed by atoms with Gasteiger partial charge in [0.25, 0.3) is 0 Å². The van der Waals surface area contributed by atoms with Crippen LogP contribution in [0, 0.1) is 17.8 Å². The van der Waals surface area contributed by atoms with Gasteiger partial charge in [-0.1, -0.05) is 24.3 Å². The van der Waals surface area contributed by atoms with Crippen LogP contribution in [0.4, 0.5) is 0 Å². The molecule has 4 heteroatoms. The molecule has 4 aliphatic carbocycles. The zero-order valence-corrected chi connectivity index (χ0v) is 17.3. The first-order valence-corrected chi connectivity index (χ1v) is 11.2. The molecule has 0 aliphatic heterocycles. The minimum Gasteiger partial charge on any atom is -0.508 e. The molecular formula is C27H26O4. The highest BCUT2D eigenvalue weighted by Crippen LogP contribution is 2.62. The van der Waals surface area contributed by atoms with Crippen LogP contribution in [0.25, 0.3) is 21.9 Å². The van der Waals surface area contributed by atoms with Crippen molar-refractivity contribution >= 4 is 16.7 Å². The minimum absolute atomic E-state index is 0.0788. The molecule has 0 aromatic heterocycles. The van der Waals surface area contributed by atoms with Gasteiger partial charge in [-0.2, -0.15) is 0 Å². The Bertz CT molecular complexity index is 1190. The molecule has 31 heavy (non-hydrogen) atoms. The molecule has 0 spiro atoms. The van der Waals surface area contributed by atoms with Gasteiger partial charge in [-0.3, -0.25) is 0 Å². The highest BCUT2D eigenvalue weighted by atomic mass is 16.4. The number of hydrogen-bond acceptors (Lipinski definition) is 3. The molecule has 4 nitrogen and oxygen atoms in total. The Morgan fingerprint density at radius 1 is 0.839 bits per heavy atom. The summed E-state index contributed by atoms with van der Waals surface area (Å²) in [5.41, 5.74) is 2.77. The zero-order chi connectivity index (χ0) is 21.3. The fraction of sp³-hybridized carbons (Fsp3) is 0.370. The van der Waals surface area contributed by atoms with Crippen molar-refractivity contribution in [2.45, 2.75) is 43.9 Å². The first-order chi connectivity index (χ1) is 14.9. The SMILES string of the molecule is O=C(O)c1ccc(-c2cccc3cc(O)c(C45CC6CC(CC(C6)C4)C5)cc23)cc1O. The average molecular weight is 415 g/mol. The molecule has 0 radical (unpaired) electrons. The Labute approximate surface area is 181 Å². The van der Waals surface area contributed by atoms with Gasteiger partial charge in [0.15, 0.2) is 0 Å². The summed E-state index contributed by atoms with van der Waals surface area (Å²) in [6, 6.07) is 14.7. The average Bonchev–Trinajstić information content (AvgIpc) is 2.71. The number of benzene rings is 3. The van der Waals surface area contributed by atoms with Crippen molar-refractivity contribution < 1.29 is 20.1 Å². The molecule has 0 unspecified atom stereocenters. The summed E-state index contributed by atoms with van der Waals surface area (Å²) in [6.45, 7) is 0. The Morgan fingerprint density at radius 2 is 1.52 bits per heavy atom. The molecular weight excluding hydrogens is 388 g/mol. The first kappa shape index (κ1) is 18.7. The lowest BCUT2D eigenvalue weighted by molar-refractivity contribution is -0.00606. The summed E-state index contributed by atoms with van der Waals surface area (Å²) >= 11 is 0. The van der Waals surface area contributed by atoms with Crippen molar-refractivity contribution in [2.75, 3.05) is 0 Å². The van der Waals surface area contributed by atoms with Crippen LogP contribution in [-0.4, -0.2) is 21.3 Å². The standard InChI is InChI=1S/C27H26O4/c28-24-9-19(4-5-21(24)26(30)31)20-3-1-2-18-10-25(29)23(11-22(18)20)27-12-15-6-16(13-27)8-17(7-15)14-27/h1-5,9-11,15-17,28-29H,6-8,12-14H2,(H,30,31). The summed E-state index contributed by atoms with van der Waals surface area (Å²) in [7, 11) is 0.